The third-order valence-corrected chi connectivity index (χ3v) is 4.19. The molecule has 1 heterocycles. The molecule has 0 bridgehead atoms. The van der Waals surface area contributed by atoms with Crippen LogP contribution >= 0.6 is 0 Å². The smallest absolute Gasteiger partial charge is 0.184 e. The first-order valence-corrected chi connectivity index (χ1v) is 8.47. The fraction of sp³-hybridized carbons (Fsp3) is 0.400. The van der Waals surface area contributed by atoms with Crippen LogP contribution in [-0.4, -0.2) is 37.6 Å². The molecule has 2 aromatic rings. The fourth-order valence-electron chi connectivity index (χ4n) is 2.74. The molecule has 1 saturated heterocycles. The molecule has 0 aromatic heterocycles. The summed E-state index contributed by atoms with van der Waals surface area (Å²) in [6.07, 6.45) is -0.750. The van der Waals surface area contributed by atoms with Crippen LogP contribution in [0.15, 0.2) is 54.6 Å². The van der Waals surface area contributed by atoms with E-state index in [2.05, 4.69) is 0 Å². The number of methoxy groups -OCH3 is 1. The van der Waals surface area contributed by atoms with Gasteiger partial charge in [-0.15, -0.1) is 0 Å². The highest BCUT2D eigenvalue weighted by Gasteiger charge is 2.31. The number of ether oxygens (including phenoxy) is 4. The minimum atomic E-state index is -0.635. The second-order valence-corrected chi connectivity index (χ2v) is 6.01. The second-order valence-electron chi connectivity index (χ2n) is 6.01. The van der Waals surface area contributed by atoms with Crippen LogP contribution in [-0.2, 0) is 20.8 Å². The van der Waals surface area contributed by atoms with E-state index in [4.69, 9.17) is 18.9 Å². The highest BCUT2D eigenvalue weighted by Crippen LogP contribution is 2.27. The number of rotatable bonds is 7. The highest BCUT2D eigenvalue weighted by atomic mass is 16.7. The van der Waals surface area contributed by atoms with Crippen molar-refractivity contribution >= 4 is 0 Å². The average Bonchev–Trinajstić information content (AvgIpc) is 2.67. The Bertz CT molecular complexity index is 628. The van der Waals surface area contributed by atoms with E-state index in [0.29, 0.717) is 19.6 Å². The van der Waals surface area contributed by atoms with Crippen molar-refractivity contribution in [3.05, 3.63) is 65.7 Å². The van der Waals surface area contributed by atoms with Crippen LogP contribution in [0.5, 0.6) is 5.75 Å². The summed E-state index contributed by atoms with van der Waals surface area (Å²) in [5.41, 5.74) is 2.04. The highest BCUT2D eigenvalue weighted by molar-refractivity contribution is 5.26. The van der Waals surface area contributed by atoms with Gasteiger partial charge >= 0.3 is 0 Å². The van der Waals surface area contributed by atoms with Crippen molar-refractivity contribution < 1.29 is 24.1 Å². The SMILES string of the molecule is COc1ccc(COCC[C@@H]2OC(c3ccccc3)OC[C@H]2O)cc1. The Balaban J connectivity index is 1.44. The normalized spacial score (nSPS) is 23.4. The monoisotopic (exact) mass is 344 g/mol. The zero-order valence-corrected chi connectivity index (χ0v) is 14.3. The van der Waals surface area contributed by atoms with E-state index in [1.807, 2.05) is 54.6 Å². The first-order chi connectivity index (χ1) is 12.3. The van der Waals surface area contributed by atoms with Gasteiger partial charge in [0.15, 0.2) is 6.29 Å². The molecule has 1 fully saturated rings. The van der Waals surface area contributed by atoms with Crippen LogP contribution in [0.4, 0.5) is 0 Å². The van der Waals surface area contributed by atoms with Crippen molar-refractivity contribution in [1.29, 1.82) is 0 Å². The lowest BCUT2D eigenvalue weighted by molar-refractivity contribution is -0.259. The zero-order valence-electron chi connectivity index (χ0n) is 14.3. The van der Waals surface area contributed by atoms with Gasteiger partial charge in [-0.05, 0) is 24.1 Å². The molecule has 1 aliphatic rings. The van der Waals surface area contributed by atoms with Crippen LogP contribution in [0.3, 0.4) is 0 Å². The zero-order chi connectivity index (χ0) is 17.5. The Morgan fingerprint density at radius 2 is 1.84 bits per heavy atom. The molecule has 0 amide bonds. The summed E-state index contributed by atoms with van der Waals surface area (Å²) in [6.45, 7) is 1.30. The summed E-state index contributed by atoms with van der Waals surface area (Å²) in [5, 5.41) is 10.1. The Hall–Kier alpha value is -1.92. The van der Waals surface area contributed by atoms with Crippen molar-refractivity contribution in [2.75, 3.05) is 20.3 Å². The molecule has 5 nitrogen and oxygen atoms in total. The predicted molar refractivity (Wildman–Crippen MR) is 93.3 cm³/mol. The molecule has 2 aromatic carbocycles. The van der Waals surface area contributed by atoms with Gasteiger partial charge in [0.2, 0.25) is 0 Å². The molecule has 0 radical (unpaired) electrons. The van der Waals surface area contributed by atoms with Gasteiger partial charge in [-0.1, -0.05) is 42.5 Å². The number of aliphatic hydroxyl groups is 1. The van der Waals surface area contributed by atoms with Gasteiger partial charge in [0.05, 0.1) is 26.4 Å². The van der Waals surface area contributed by atoms with Crippen molar-refractivity contribution in [2.24, 2.45) is 0 Å². The predicted octanol–water partition coefficient (Wildman–Crippen LogP) is 3.08. The number of benzene rings is 2. The maximum Gasteiger partial charge on any atom is 0.184 e. The molecule has 5 heteroatoms. The van der Waals surface area contributed by atoms with E-state index in [-0.39, 0.29) is 12.7 Å². The minimum Gasteiger partial charge on any atom is -0.497 e. The third kappa shape index (κ3) is 5.03. The summed E-state index contributed by atoms with van der Waals surface area (Å²) in [5.74, 6) is 0.828. The Morgan fingerprint density at radius 3 is 2.56 bits per heavy atom. The number of hydrogen-bond acceptors (Lipinski definition) is 5. The van der Waals surface area contributed by atoms with E-state index in [1.54, 1.807) is 7.11 Å². The van der Waals surface area contributed by atoms with Crippen molar-refractivity contribution in [3.8, 4) is 5.75 Å². The third-order valence-electron chi connectivity index (χ3n) is 4.19. The fourth-order valence-corrected chi connectivity index (χ4v) is 2.74. The molecule has 134 valence electrons. The lowest BCUT2D eigenvalue weighted by Gasteiger charge is -2.34. The first kappa shape index (κ1) is 17.9. The van der Waals surface area contributed by atoms with Gasteiger partial charge in [0.1, 0.15) is 11.9 Å². The molecular weight excluding hydrogens is 320 g/mol. The first-order valence-electron chi connectivity index (χ1n) is 8.47. The maximum atomic E-state index is 10.1. The molecule has 3 atom stereocenters. The largest absolute Gasteiger partial charge is 0.497 e. The minimum absolute atomic E-state index is 0.267. The van der Waals surface area contributed by atoms with E-state index in [9.17, 15) is 5.11 Å². The van der Waals surface area contributed by atoms with Crippen LogP contribution in [0.25, 0.3) is 0 Å². The molecule has 0 aliphatic carbocycles. The van der Waals surface area contributed by atoms with Gasteiger partial charge in [0, 0.05) is 12.2 Å². The number of aliphatic hydroxyl groups excluding tert-OH is 1. The molecule has 3 rings (SSSR count). The lowest BCUT2D eigenvalue weighted by atomic mass is 10.1. The van der Waals surface area contributed by atoms with E-state index in [1.165, 1.54) is 0 Å². The van der Waals surface area contributed by atoms with Gasteiger partial charge in [-0.25, -0.2) is 0 Å². The van der Waals surface area contributed by atoms with Gasteiger partial charge in [0.25, 0.3) is 0 Å². The average molecular weight is 344 g/mol. The molecule has 1 unspecified atom stereocenters. The molecular formula is C20H24O5. The van der Waals surface area contributed by atoms with Gasteiger partial charge < -0.3 is 24.1 Å². The number of hydrogen-bond donors (Lipinski definition) is 1. The Labute approximate surface area is 148 Å². The van der Waals surface area contributed by atoms with Crippen molar-refractivity contribution in [2.45, 2.75) is 31.5 Å². The summed E-state index contributed by atoms with van der Waals surface area (Å²) in [6, 6.07) is 17.5. The molecule has 0 saturated carbocycles. The van der Waals surface area contributed by atoms with E-state index >= 15 is 0 Å². The molecule has 1 N–H and O–H groups in total. The van der Waals surface area contributed by atoms with E-state index < -0.39 is 12.4 Å². The van der Waals surface area contributed by atoms with Crippen LogP contribution in [0.2, 0.25) is 0 Å². The summed E-state index contributed by atoms with van der Waals surface area (Å²) in [4.78, 5) is 0. The Morgan fingerprint density at radius 1 is 1.08 bits per heavy atom. The van der Waals surface area contributed by atoms with Crippen molar-refractivity contribution in [1.82, 2.24) is 0 Å². The standard InChI is InChI=1S/C20H24O5/c1-22-17-9-7-15(8-10-17)13-23-12-11-19-18(21)14-24-20(25-19)16-5-3-2-4-6-16/h2-10,18-21H,11-14H2,1H3/t18-,19+,20?/m1/s1. The topological polar surface area (TPSA) is 57.2 Å². The van der Waals surface area contributed by atoms with Crippen LogP contribution in [0.1, 0.15) is 23.8 Å². The van der Waals surface area contributed by atoms with Crippen LogP contribution < -0.4 is 4.74 Å². The molecule has 0 spiro atoms. The summed E-state index contributed by atoms with van der Waals surface area (Å²) < 4.78 is 22.3. The van der Waals surface area contributed by atoms with Crippen LogP contribution in [0, 0.1) is 0 Å². The Kier molecular flexibility index (Phi) is 6.42. The lowest BCUT2D eigenvalue weighted by Crippen LogP contribution is -2.41. The summed E-state index contributed by atoms with van der Waals surface area (Å²) in [7, 11) is 1.65. The second kappa shape index (κ2) is 8.97. The van der Waals surface area contributed by atoms with Gasteiger partial charge in [-0.2, -0.15) is 0 Å². The molecule has 1 aliphatic heterocycles. The summed E-state index contributed by atoms with van der Waals surface area (Å²) >= 11 is 0. The van der Waals surface area contributed by atoms with Crippen molar-refractivity contribution in [3.63, 3.8) is 0 Å². The molecule has 25 heavy (non-hydrogen) atoms. The maximum absolute atomic E-state index is 10.1. The van der Waals surface area contributed by atoms with E-state index in [0.717, 1.165) is 16.9 Å². The quantitative estimate of drug-likeness (QED) is 0.782. The van der Waals surface area contributed by atoms with Gasteiger partial charge in [-0.3, -0.25) is 0 Å².